The number of ether oxygens (including phenoxy) is 1. The Balaban J connectivity index is 2.56. The van der Waals surface area contributed by atoms with Gasteiger partial charge in [-0.15, -0.1) is 0 Å². The molecule has 0 aliphatic carbocycles. The second-order valence-corrected chi connectivity index (χ2v) is 3.67. The van der Waals surface area contributed by atoms with Gasteiger partial charge in [-0.2, -0.15) is 0 Å². The van der Waals surface area contributed by atoms with Gasteiger partial charge < -0.3 is 14.4 Å². The smallest absolute Gasteiger partial charge is 0.343 e. The number of carbonyl (C=O) groups is 1. The van der Waals surface area contributed by atoms with Crippen LogP contribution in [-0.4, -0.2) is 22.8 Å². The third-order valence-electron chi connectivity index (χ3n) is 2.65. The Morgan fingerprint density at radius 1 is 1.29 bits per heavy atom. The van der Waals surface area contributed by atoms with Crippen molar-refractivity contribution < 1.29 is 14.6 Å². The van der Waals surface area contributed by atoms with Crippen molar-refractivity contribution in [2.45, 2.75) is 6.92 Å². The number of rotatable bonds is 2. The van der Waals surface area contributed by atoms with E-state index >= 15 is 0 Å². The standard InChI is InChI=1S/C13H13NO3/c1-9-12(13(16)17-2)11(15)8-14(9)10-6-4-3-5-7-10/h3-8,15H,1-2H3. The fourth-order valence-corrected chi connectivity index (χ4v) is 1.80. The lowest BCUT2D eigenvalue weighted by atomic mass is 10.2. The van der Waals surface area contributed by atoms with E-state index in [9.17, 15) is 9.90 Å². The van der Waals surface area contributed by atoms with E-state index in [1.807, 2.05) is 30.3 Å². The van der Waals surface area contributed by atoms with Crippen LogP contribution >= 0.6 is 0 Å². The predicted octanol–water partition coefficient (Wildman–Crippen LogP) is 2.28. The summed E-state index contributed by atoms with van der Waals surface area (Å²) in [4.78, 5) is 11.5. The first kappa shape index (κ1) is 11.3. The second-order valence-electron chi connectivity index (χ2n) is 3.67. The van der Waals surface area contributed by atoms with Gasteiger partial charge in [0.15, 0.2) is 0 Å². The lowest BCUT2D eigenvalue weighted by Crippen LogP contribution is -2.04. The normalized spacial score (nSPS) is 10.2. The summed E-state index contributed by atoms with van der Waals surface area (Å²) in [6.45, 7) is 1.76. The van der Waals surface area contributed by atoms with Crippen LogP contribution in [0.5, 0.6) is 5.75 Å². The van der Waals surface area contributed by atoms with E-state index in [2.05, 4.69) is 4.74 Å². The number of para-hydroxylation sites is 1. The van der Waals surface area contributed by atoms with Crippen LogP contribution in [-0.2, 0) is 4.74 Å². The number of benzene rings is 1. The zero-order chi connectivity index (χ0) is 12.4. The zero-order valence-corrected chi connectivity index (χ0v) is 9.68. The minimum atomic E-state index is -0.533. The summed E-state index contributed by atoms with van der Waals surface area (Å²) in [5.74, 6) is -0.604. The van der Waals surface area contributed by atoms with Crippen molar-refractivity contribution in [1.82, 2.24) is 4.57 Å². The Bertz CT molecular complexity index is 543. The van der Waals surface area contributed by atoms with Gasteiger partial charge in [-0.1, -0.05) is 18.2 Å². The van der Waals surface area contributed by atoms with Crippen molar-refractivity contribution >= 4 is 5.97 Å². The van der Waals surface area contributed by atoms with Gasteiger partial charge in [-0.3, -0.25) is 0 Å². The summed E-state index contributed by atoms with van der Waals surface area (Å²) >= 11 is 0. The third kappa shape index (κ3) is 1.89. The summed E-state index contributed by atoms with van der Waals surface area (Å²) < 4.78 is 6.39. The lowest BCUT2D eigenvalue weighted by molar-refractivity contribution is 0.0597. The molecule has 1 aromatic carbocycles. The number of hydrogen-bond donors (Lipinski definition) is 1. The molecule has 0 bridgehead atoms. The van der Waals surface area contributed by atoms with Crippen LogP contribution in [0.15, 0.2) is 36.5 Å². The van der Waals surface area contributed by atoms with E-state index in [0.717, 1.165) is 5.69 Å². The van der Waals surface area contributed by atoms with Crippen LogP contribution in [0.25, 0.3) is 5.69 Å². The molecule has 1 aromatic heterocycles. The van der Waals surface area contributed by atoms with Crippen molar-refractivity contribution in [3.05, 3.63) is 47.8 Å². The molecule has 0 atom stereocenters. The van der Waals surface area contributed by atoms with Gasteiger partial charge in [-0.05, 0) is 19.1 Å². The molecular weight excluding hydrogens is 218 g/mol. The molecule has 88 valence electrons. The molecule has 0 aliphatic heterocycles. The maximum atomic E-state index is 11.5. The third-order valence-corrected chi connectivity index (χ3v) is 2.65. The predicted molar refractivity (Wildman–Crippen MR) is 63.5 cm³/mol. The molecule has 0 saturated heterocycles. The number of carbonyl (C=O) groups excluding carboxylic acids is 1. The zero-order valence-electron chi connectivity index (χ0n) is 9.68. The van der Waals surface area contributed by atoms with Crippen LogP contribution in [0.1, 0.15) is 16.1 Å². The summed E-state index contributed by atoms with van der Waals surface area (Å²) in [6, 6.07) is 9.48. The Hall–Kier alpha value is -2.23. The molecule has 0 unspecified atom stereocenters. The molecular formula is C13H13NO3. The maximum absolute atomic E-state index is 11.5. The largest absolute Gasteiger partial charge is 0.505 e. The highest BCUT2D eigenvalue weighted by atomic mass is 16.5. The molecule has 1 heterocycles. The Kier molecular flexibility index (Phi) is 2.87. The van der Waals surface area contributed by atoms with Crippen LogP contribution in [0.3, 0.4) is 0 Å². The molecule has 0 saturated carbocycles. The van der Waals surface area contributed by atoms with Gasteiger partial charge >= 0.3 is 5.97 Å². The second kappa shape index (κ2) is 4.33. The van der Waals surface area contributed by atoms with Gasteiger partial charge in [-0.25, -0.2) is 4.79 Å². The van der Waals surface area contributed by atoms with E-state index in [1.165, 1.54) is 13.3 Å². The molecule has 1 N–H and O–H groups in total. The first-order chi connectivity index (χ1) is 8.15. The first-order valence-electron chi connectivity index (χ1n) is 5.19. The van der Waals surface area contributed by atoms with Crippen LogP contribution < -0.4 is 0 Å². The van der Waals surface area contributed by atoms with Gasteiger partial charge in [0.25, 0.3) is 0 Å². The van der Waals surface area contributed by atoms with E-state index in [4.69, 9.17) is 0 Å². The fourth-order valence-electron chi connectivity index (χ4n) is 1.80. The van der Waals surface area contributed by atoms with Crippen molar-refractivity contribution in [3.8, 4) is 11.4 Å². The van der Waals surface area contributed by atoms with E-state index in [0.29, 0.717) is 5.69 Å². The minimum absolute atomic E-state index is 0.0711. The summed E-state index contributed by atoms with van der Waals surface area (Å²) in [5, 5.41) is 9.75. The number of esters is 1. The van der Waals surface area contributed by atoms with Crippen LogP contribution in [0, 0.1) is 6.92 Å². The Morgan fingerprint density at radius 2 is 1.94 bits per heavy atom. The first-order valence-corrected chi connectivity index (χ1v) is 5.19. The van der Waals surface area contributed by atoms with E-state index in [1.54, 1.807) is 11.5 Å². The number of methoxy groups -OCH3 is 1. The molecule has 0 fully saturated rings. The van der Waals surface area contributed by atoms with E-state index < -0.39 is 5.97 Å². The molecule has 4 nitrogen and oxygen atoms in total. The van der Waals surface area contributed by atoms with Crippen molar-refractivity contribution in [2.75, 3.05) is 7.11 Å². The van der Waals surface area contributed by atoms with Crippen molar-refractivity contribution in [1.29, 1.82) is 0 Å². The molecule has 4 heteroatoms. The number of nitrogens with zero attached hydrogens (tertiary/aromatic N) is 1. The quantitative estimate of drug-likeness (QED) is 0.807. The number of aromatic hydroxyl groups is 1. The highest BCUT2D eigenvalue weighted by Gasteiger charge is 2.20. The topological polar surface area (TPSA) is 51.5 Å². The van der Waals surface area contributed by atoms with Gasteiger partial charge in [0, 0.05) is 11.4 Å². The molecule has 0 spiro atoms. The highest BCUT2D eigenvalue weighted by molar-refractivity contribution is 5.94. The molecule has 17 heavy (non-hydrogen) atoms. The van der Waals surface area contributed by atoms with Crippen molar-refractivity contribution in [3.63, 3.8) is 0 Å². The number of hydrogen-bond acceptors (Lipinski definition) is 3. The van der Waals surface area contributed by atoms with Gasteiger partial charge in [0.05, 0.1) is 13.3 Å². The summed E-state index contributed by atoms with van der Waals surface area (Å²) in [5.41, 5.74) is 1.74. The van der Waals surface area contributed by atoms with Crippen LogP contribution in [0.4, 0.5) is 0 Å². The average Bonchev–Trinajstić information content (AvgIpc) is 2.65. The minimum Gasteiger partial charge on any atom is -0.505 e. The van der Waals surface area contributed by atoms with Gasteiger partial charge in [0.1, 0.15) is 11.3 Å². The molecule has 2 aromatic rings. The van der Waals surface area contributed by atoms with Crippen molar-refractivity contribution in [2.24, 2.45) is 0 Å². The molecule has 0 amide bonds. The summed E-state index contributed by atoms with van der Waals surface area (Å²) in [6.07, 6.45) is 1.51. The average molecular weight is 231 g/mol. The maximum Gasteiger partial charge on any atom is 0.343 e. The fraction of sp³-hybridized carbons (Fsp3) is 0.154. The molecule has 0 aliphatic rings. The Labute approximate surface area is 99.1 Å². The molecule has 2 rings (SSSR count). The van der Waals surface area contributed by atoms with E-state index in [-0.39, 0.29) is 11.3 Å². The summed E-state index contributed by atoms with van der Waals surface area (Å²) in [7, 11) is 1.29. The highest BCUT2D eigenvalue weighted by Crippen LogP contribution is 2.26. The van der Waals surface area contributed by atoms with Gasteiger partial charge in [0.2, 0.25) is 0 Å². The SMILES string of the molecule is COC(=O)c1c(O)cn(-c2ccccc2)c1C. The molecule has 0 radical (unpaired) electrons. The Morgan fingerprint density at radius 3 is 2.53 bits per heavy atom. The monoisotopic (exact) mass is 231 g/mol. The van der Waals surface area contributed by atoms with Crippen LogP contribution in [0.2, 0.25) is 0 Å². The lowest BCUT2D eigenvalue weighted by Gasteiger charge is -2.05. The number of aromatic nitrogens is 1.